The Balaban J connectivity index is 3.17. The Morgan fingerprint density at radius 2 is 1.76 bits per heavy atom. The molecule has 0 unspecified atom stereocenters. The molecule has 0 atom stereocenters. The molecular weight excluding hydrogens is 224 g/mol. The molecule has 0 bridgehead atoms. The molecule has 6 nitrogen and oxygen atoms in total. The summed E-state index contributed by atoms with van der Waals surface area (Å²) < 4.78 is 9.56. The molecule has 0 aliphatic carbocycles. The lowest BCUT2D eigenvalue weighted by Gasteiger charge is -2.11. The highest BCUT2D eigenvalue weighted by molar-refractivity contribution is 5.71. The van der Waals surface area contributed by atoms with Gasteiger partial charge in [0.15, 0.2) is 0 Å². The highest BCUT2D eigenvalue weighted by Gasteiger charge is 2.11. The quantitative estimate of drug-likeness (QED) is 0.831. The lowest BCUT2D eigenvalue weighted by Crippen LogP contribution is -2.18. The first kappa shape index (κ1) is 12.8. The zero-order valence-electron chi connectivity index (χ0n) is 9.65. The number of rotatable bonds is 3. The normalized spacial score (nSPS) is 9.76. The average molecular weight is 238 g/mol. The minimum Gasteiger partial charge on any atom is -0.410 e. The second-order valence-corrected chi connectivity index (χ2v) is 3.40. The molecule has 6 heteroatoms. The number of ether oxygens (including phenoxy) is 2. The summed E-state index contributed by atoms with van der Waals surface area (Å²) in [6, 6.07) is 3.05. The van der Waals surface area contributed by atoms with E-state index in [1.165, 1.54) is 6.07 Å². The fraction of sp³-hybridized carbons (Fsp3) is 0.273. The maximum Gasteiger partial charge on any atom is 0.409 e. The van der Waals surface area contributed by atoms with Crippen molar-refractivity contribution >= 4 is 12.2 Å². The largest absolute Gasteiger partial charge is 0.410 e. The van der Waals surface area contributed by atoms with Crippen LogP contribution >= 0.6 is 0 Å². The molecule has 0 saturated carbocycles. The van der Waals surface area contributed by atoms with E-state index in [2.05, 4.69) is 0 Å². The van der Waals surface area contributed by atoms with Gasteiger partial charge in [0.05, 0.1) is 0 Å². The van der Waals surface area contributed by atoms with Gasteiger partial charge in [-0.1, -0.05) is 6.92 Å². The molecule has 0 aromatic heterocycles. The highest BCUT2D eigenvalue weighted by Crippen LogP contribution is 2.28. The molecule has 2 amide bonds. The molecule has 0 aliphatic rings. The first-order valence-electron chi connectivity index (χ1n) is 5.02. The Morgan fingerprint density at radius 3 is 2.24 bits per heavy atom. The van der Waals surface area contributed by atoms with Crippen LogP contribution < -0.4 is 20.9 Å². The predicted octanol–water partition coefficient (Wildman–Crippen LogP) is 1.47. The standard InChI is InChI=1S/C11H14N2O4/c1-3-7-4-8(16-10(12)14)5-9(6(7)2)17-11(13)15/h4-5H,3H2,1-2H3,(H2,12,14)(H2,13,15). The van der Waals surface area contributed by atoms with E-state index in [1.54, 1.807) is 13.0 Å². The fourth-order valence-electron chi connectivity index (χ4n) is 1.47. The van der Waals surface area contributed by atoms with E-state index in [4.69, 9.17) is 20.9 Å². The van der Waals surface area contributed by atoms with Gasteiger partial charge in [-0.2, -0.15) is 0 Å². The number of benzene rings is 1. The predicted molar refractivity (Wildman–Crippen MR) is 61.0 cm³/mol. The highest BCUT2D eigenvalue weighted by atomic mass is 16.6. The Bertz CT molecular complexity index is 457. The molecule has 0 aliphatic heterocycles. The van der Waals surface area contributed by atoms with Crippen LogP contribution in [0.3, 0.4) is 0 Å². The van der Waals surface area contributed by atoms with Gasteiger partial charge in [-0.25, -0.2) is 9.59 Å². The van der Waals surface area contributed by atoms with Gasteiger partial charge in [-0.3, -0.25) is 0 Å². The van der Waals surface area contributed by atoms with Crippen molar-refractivity contribution in [2.75, 3.05) is 0 Å². The van der Waals surface area contributed by atoms with Crippen LogP contribution in [0.2, 0.25) is 0 Å². The number of hydrogen-bond donors (Lipinski definition) is 2. The third-order valence-corrected chi connectivity index (χ3v) is 2.25. The van der Waals surface area contributed by atoms with E-state index in [0.717, 1.165) is 11.1 Å². The maximum absolute atomic E-state index is 10.7. The summed E-state index contributed by atoms with van der Waals surface area (Å²) in [7, 11) is 0. The third-order valence-electron chi connectivity index (χ3n) is 2.25. The second kappa shape index (κ2) is 5.20. The van der Waals surface area contributed by atoms with Crippen LogP contribution in [-0.4, -0.2) is 12.2 Å². The van der Waals surface area contributed by atoms with Gasteiger partial charge in [0.1, 0.15) is 11.5 Å². The van der Waals surface area contributed by atoms with Crippen molar-refractivity contribution in [1.29, 1.82) is 0 Å². The molecule has 0 spiro atoms. The Hall–Kier alpha value is -2.24. The number of primary amides is 2. The molecule has 0 radical (unpaired) electrons. The van der Waals surface area contributed by atoms with E-state index in [1.807, 2.05) is 6.92 Å². The van der Waals surface area contributed by atoms with Crippen LogP contribution in [0.25, 0.3) is 0 Å². The zero-order chi connectivity index (χ0) is 13.0. The summed E-state index contributed by atoms with van der Waals surface area (Å²) in [5, 5.41) is 0. The van der Waals surface area contributed by atoms with Crippen LogP contribution in [0, 0.1) is 6.92 Å². The maximum atomic E-state index is 10.7. The van der Waals surface area contributed by atoms with E-state index in [0.29, 0.717) is 6.42 Å². The summed E-state index contributed by atoms with van der Waals surface area (Å²) in [4.78, 5) is 21.4. The van der Waals surface area contributed by atoms with E-state index >= 15 is 0 Å². The van der Waals surface area contributed by atoms with Crippen molar-refractivity contribution in [3.05, 3.63) is 23.3 Å². The second-order valence-electron chi connectivity index (χ2n) is 3.40. The number of carbonyl (C=O) groups is 2. The summed E-state index contributed by atoms with van der Waals surface area (Å²) in [5.41, 5.74) is 11.5. The molecule has 0 fully saturated rings. The molecular formula is C11H14N2O4. The third kappa shape index (κ3) is 3.37. The number of aryl methyl sites for hydroxylation is 1. The first-order chi connectivity index (χ1) is 7.93. The molecule has 0 heterocycles. The van der Waals surface area contributed by atoms with Crippen molar-refractivity contribution in [3.8, 4) is 11.5 Å². The molecule has 0 saturated heterocycles. The van der Waals surface area contributed by atoms with E-state index in [9.17, 15) is 9.59 Å². The topological polar surface area (TPSA) is 105 Å². The average Bonchev–Trinajstić information content (AvgIpc) is 2.21. The molecule has 1 rings (SSSR count). The van der Waals surface area contributed by atoms with Gasteiger partial charge in [0.25, 0.3) is 0 Å². The van der Waals surface area contributed by atoms with Gasteiger partial charge >= 0.3 is 12.2 Å². The first-order valence-corrected chi connectivity index (χ1v) is 5.02. The van der Waals surface area contributed by atoms with Crippen molar-refractivity contribution in [2.24, 2.45) is 11.5 Å². The van der Waals surface area contributed by atoms with Gasteiger partial charge in [0.2, 0.25) is 0 Å². The number of amides is 2. The molecule has 4 N–H and O–H groups in total. The van der Waals surface area contributed by atoms with Crippen molar-refractivity contribution in [1.82, 2.24) is 0 Å². The number of nitrogens with two attached hydrogens (primary N) is 2. The van der Waals surface area contributed by atoms with E-state index in [-0.39, 0.29) is 11.5 Å². The van der Waals surface area contributed by atoms with Crippen molar-refractivity contribution in [2.45, 2.75) is 20.3 Å². The monoisotopic (exact) mass is 238 g/mol. The Morgan fingerprint density at radius 1 is 1.18 bits per heavy atom. The summed E-state index contributed by atoms with van der Waals surface area (Å²) in [5.74, 6) is 0.476. The number of carbonyl (C=O) groups excluding carboxylic acids is 2. The molecule has 1 aromatic carbocycles. The zero-order valence-corrected chi connectivity index (χ0v) is 9.65. The van der Waals surface area contributed by atoms with Crippen LogP contribution in [0.15, 0.2) is 12.1 Å². The van der Waals surface area contributed by atoms with Crippen molar-refractivity contribution < 1.29 is 19.1 Å². The lowest BCUT2D eigenvalue weighted by molar-refractivity contribution is 0.209. The molecule has 17 heavy (non-hydrogen) atoms. The minimum absolute atomic E-state index is 0.219. The summed E-state index contributed by atoms with van der Waals surface area (Å²) in [6.07, 6.45) is -1.16. The van der Waals surface area contributed by atoms with Gasteiger partial charge < -0.3 is 20.9 Å². The van der Waals surface area contributed by atoms with Gasteiger partial charge in [-0.15, -0.1) is 0 Å². The van der Waals surface area contributed by atoms with Gasteiger partial charge in [0, 0.05) is 6.07 Å². The summed E-state index contributed by atoms with van der Waals surface area (Å²) in [6.45, 7) is 3.70. The smallest absolute Gasteiger partial charge is 0.409 e. The molecule has 92 valence electrons. The number of hydrogen-bond acceptors (Lipinski definition) is 4. The SMILES string of the molecule is CCc1cc(OC(N)=O)cc(OC(N)=O)c1C. The Labute approximate surface area is 98.5 Å². The van der Waals surface area contributed by atoms with Gasteiger partial charge in [-0.05, 0) is 30.5 Å². The molecule has 1 aromatic rings. The van der Waals surface area contributed by atoms with Crippen molar-refractivity contribution in [3.63, 3.8) is 0 Å². The van der Waals surface area contributed by atoms with Crippen LogP contribution in [0.4, 0.5) is 9.59 Å². The summed E-state index contributed by atoms with van der Waals surface area (Å²) >= 11 is 0. The van der Waals surface area contributed by atoms with Crippen LogP contribution in [0.1, 0.15) is 18.1 Å². The fourth-order valence-corrected chi connectivity index (χ4v) is 1.47. The van der Waals surface area contributed by atoms with Crippen LogP contribution in [-0.2, 0) is 6.42 Å². The van der Waals surface area contributed by atoms with E-state index < -0.39 is 12.2 Å². The lowest BCUT2D eigenvalue weighted by atomic mass is 10.1. The minimum atomic E-state index is -0.930. The van der Waals surface area contributed by atoms with Crippen LogP contribution in [0.5, 0.6) is 11.5 Å². The Kier molecular flexibility index (Phi) is 3.92.